The van der Waals surface area contributed by atoms with Crippen LogP contribution in [0.3, 0.4) is 0 Å². The molecular formula is C20H23N7OS2. The Bertz CT molecular complexity index is 1230. The fraction of sp³-hybridized carbons (Fsp3) is 0.350. The third-order valence-electron chi connectivity index (χ3n) is 4.72. The minimum atomic E-state index is -0.168. The fourth-order valence-electron chi connectivity index (χ4n) is 3.06. The molecule has 0 fully saturated rings. The SMILES string of the molecule is Cc1c(-n2nnnc2SCc2csc(C(C)(C)C)n2)c(=O)n(-c2ccccc2)n1C. The predicted molar refractivity (Wildman–Crippen MR) is 119 cm³/mol. The van der Waals surface area contributed by atoms with Gasteiger partial charge in [0, 0.05) is 23.6 Å². The van der Waals surface area contributed by atoms with Crippen LogP contribution in [0.5, 0.6) is 0 Å². The molecule has 1 aromatic carbocycles. The van der Waals surface area contributed by atoms with Crippen molar-refractivity contribution in [3.8, 4) is 11.4 Å². The molecule has 0 bridgehead atoms. The summed E-state index contributed by atoms with van der Waals surface area (Å²) in [7, 11) is 1.85. The van der Waals surface area contributed by atoms with Crippen molar-refractivity contribution in [2.24, 2.45) is 7.05 Å². The highest BCUT2D eigenvalue weighted by Gasteiger charge is 2.23. The van der Waals surface area contributed by atoms with E-state index in [4.69, 9.17) is 4.98 Å². The quantitative estimate of drug-likeness (QED) is 0.441. The normalized spacial score (nSPS) is 11.9. The van der Waals surface area contributed by atoms with Crippen LogP contribution in [0.15, 0.2) is 45.7 Å². The molecule has 0 radical (unpaired) electrons. The van der Waals surface area contributed by atoms with E-state index in [1.165, 1.54) is 16.4 Å². The van der Waals surface area contributed by atoms with Crippen molar-refractivity contribution < 1.29 is 0 Å². The zero-order chi connectivity index (χ0) is 21.5. The van der Waals surface area contributed by atoms with Crippen molar-refractivity contribution in [1.29, 1.82) is 0 Å². The zero-order valence-corrected chi connectivity index (χ0v) is 19.2. The molecule has 8 nitrogen and oxygen atoms in total. The number of hydrogen-bond acceptors (Lipinski definition) is 7. The van der Waals surface area contributed by atoms with E-state index in [0.29, 0.717) is 16.6 Å². The lowest BCUT2D eigenvalue weighted by atomic mass is 9.98. The first kappa shape index (κ1) is 20.5. The summed E-state index contributed by atoms with van der Waals surface area (Å²) < 4.78 is 4.97. The van der Waals surface area contributed by atoms with Crippen LogP contribution < -0.4 is 5.56 Å². The second-order valence-corrected chi connectivity index (χ2v) is 9.77. The largest absolute Gasteiger partial charge is 0.297 e. The molecule has 0 saturated heterocycles. The van der Waals surface area contributed by atoms with Gasteiger partial charge in [0.2, 0.25) is 5.16 Å². The molecule has 30 heavy (non-hydrogen) atoms. The van der Waals surface area contributed by atoms with E-state index in [9.17, 15) is 4.79 Å². The van der Waals surface area contributed by atoms with Gasteiger partial charge in [-0.2, -0.15) is 4.68 Å². The molecule has 0 aliphatic rings. The topological polar surface area (TPSA) is 83.4 Å². The van der Waals surface area contributed by atoms with Crippen molar-refractivity contribution >= 4 is 23.1 Å². The smallest absolute Gasteiger partial charge is 0.283 e. The first-order chi connectivity index (χ1) is 14.3. The van der Waals surface area contributed by atoms with Crippen LogP contribution in [-0.4, -0.2) is 34.6 Å². The highest BCUT2D eigenvalue weighted by Crippen LogP contribution is 2.29. The maximum absolute atomic E-state index is 13.3. The van der Waals surface area contributed by atoms with Gasteiger partial charge < -0.3 is 0 Å². The molecule has 0 saturated carbocycles. The number of tetrazole rings is 1. The van der Waals surface area contributed by atoms with Crippen molar-refractivity contribution in [2.75, 3.05) is 0 Å². The minimum Gasteiger partial charge on any atom is -0.283 e. The van der Waals surface area contributed by atoms with E-state index in [1.54, 1.807) is 16.0 Å². The average molecular weight is 442 g/mol. The summed E-state index contributed by atoms with van der Waals surface area (Å²) >= 11 is 3.13. The Hall–Kier alpha value is -2.72. The molecule has 0 atom stereocenters. The van der Waals surface area contributed by atoms with Gasteiger partial charge in [-0.05, 0) is 29.5 Å². The monoisotopic (exact) mass is 441 g/mol. The third-order valence-corrected chi connectivity index (χ3v) is 6.99. The second-order valence-electron chi connectivity index (χ2n) is 7.97. The Morgan fingerprint density at radius 2 is 1.90 bits per heavy atom. The molecule has 0 unspecified atom stereocenters. The van der Waals surface area contributed by atoms with Crippen molar-refractivity contribution in [3.63, 3.8) is 0 Å². The summed E-state index contributed by atoms with van der Waals surface area (Å²) in [5.41, 5.74) is 2.86. The molecule has 0 amide bonds. The molecule has 3 heterocycles. The summed E-state index contributed by atoms with van der Waals surface area (Å²) in [6, 6.07) is 9.53. The molecule has 0 spiro atoms. The number of rotatable bonds is 5. The van der Waals surface area contributed by atoms with Crippen LogP contribution in [0.4, 0.5) is 0 Å². The lowest BCUT2D eigenvalue weighted by molar-refractivity contribution is 0.584. The molecule has 4 rings (SSSR count). The van der Waals surface area contributed by atoms with Gasteiger partial charge in [0.1, 0.15) is 0 Å². The van der Waals surface area contributed by atoms with Gasteiger partial charge in [-0.15, -0.1) is 16.4 Å². The van der Waals surface area contributed by atoms with E-state index in [0.717, 1.165) is 22.1 Å². The highest BCUT2D eigenvalue weighted by atomic mass is 32.2. The maximum Gasteiger partial charge on any atom is 0.297 e. The van der Waals surface area contributed by atoms with Crippen LogP contribution >= 0.6 is 23.1 Å². The van der Waals surface area contributed by atoms with E-state index in [1.807, 2.05) is 49.0 Å². The van der Waals surface area contributed by atoms with Crippen LogP contribution in [-0.2, 0) is 18.2 Å². The number of nitrogens with zero attached hydrogens (tertiary/aromatic N) is 7. The Morgan fingerprint density at radius 3 is 2.57 bits per heavy atom. The van der Waals surface area contributed by atoms with Crippen molar-refractivity contribution in [2.45, 2.75) is 44.0 Å². The Balaban J connectivity index is 1.66. The number of para-hydroxylation sites is 1. The first-order valence-corrected chi connectivity index (χ1v) is 11.3. The molecule has 0 aliphatic carbocycles. The summed E-state index contributed by atoms with van der Waals surface area (Å²) in [6.45, 7) is 8.35. The van der Waals surface area contributed by atoms with E-state index in [2.05, 4.69) is 41.7 Å². The third kappa shape index (κ3) is 3.72. The lowest BCUT2D eigenvalue weighted by Crippen LogP contribution is -2.22. The summed E-state index contributed by atoms with van der Waals surface area (Å²) in [5.74, 6) is 0.631. The maximum atomic E-state index is 13.3. The van der Waals surface area contributed by atoms with E-state index < -0.39 is 0 Å². The summed E-state index contributed by atoms with van der Waals surface area (Å²) in [6.07, 6.45) is 0. The zero-order valence-electron chi connectivity index (χ0n) is 17.5. The number of aromatic nitrogens is 7. The van der Waals surface area contributed by atoms with E-state index in [-0.39, 0.29) is 11.0 Å². The molecule has 156 valence electrons. The number of thiazole rings is 1. The van der Waals surface area contributed by atoms with Gasteiger partial charge in [0.25, 0.3) is 5.56 Å². The number of thioether (sulfide) groups is 1. The van der Waals surface area contributed by atoms with E-state index >= 15 is 0 Å². The van der Waals surface area contributed by atoms with Gasteiger partial charge in [-0.1, -0.05) is 50.7 Å². The standard InChI is InChI=1S/C20H23N7OS2/c1-13-16(17(28)27(25(13)5)15-9-7-6-8-10-15)26-19(22-23-24-26)30-12-14-11-29-18(21-14)20(2,3)4/h6-11H,12H2,1-5H3. The summed E-state index contributed by atoms with van der Waals surface area (Å²) in [4.78, 5) is 18.0. The fourth-order valence-corrected chi connectivity index (χ4v) is 4.85. The molecule has 4 aromatic rings. The van der Waals surface area contributed by atoms with Crippen molar-refractivity contribution in [1.82, 2.24) is 34.6 Å². The Kier molecular flexibility index (Phi) is 5.37. The van der Waals surface area contributed by atoms with Gasteiger partial charge in [-0.3, -0.25) is 9.48 Å². The molecule has 3 aromatic heterocycles. The van der Waals surface area contributed by atoms with Crippen LogP contribution in [0.2, 0.25) is 0 Å². The molecular weight excluding hydrogens is 418 g/mol. The number of benzene rings is 1. The van der Waals surface area contributed by atoms with Crippen LogP contribution in [0.25, 0.3) is 11.4 Å². The predicted octanol–water partition coefficient (Wildman–Crippen LogP) is 3.51. The number of hydrogen-bond donors (Lipinski definition) is 0. The van der Waals surface area contributed by atoms with Gasteiger partial charge >= 0.3 is 0 Å². The van der Waals surface area contributed by atoms with Gasteiger partial charge in [0.15, 0.2) is 5.69 Å². The summed E-state index contributed by atoms with van der Waals surface area (Å²) in [5, 5.41) is 15.8. The van der Waals surface area contributed by atoms with Gasteiger partial charge in [-0.25, -0.2) is 9.67 Å². The highest BCUT2D eigenvalue weighted by molar-refractivity contribution is 7.98. The van der Waals surface area contributed by atoms with Crippen molar-refractivity contribution in [3.05, 3.63) is 62.5 Å². The van der Waals surface area contributed by atoms with Crippen LogP contribution in [0.1, 0.15) is 37.2 Å². The first-order valence-electron chi connectivity index (χ1n) is 9.48. The molecule has 10 heteroatoms. The lowest BCUT2D eigenvalue weighted by Gasteiger charge is -2.13. The van der Waals surface area contributed by atoms with Crippen LogP contribution in [0, 0.1) is 6.92 Å². The Morgan fingerprint density at radius 1 is 1.17 bits per heavy atom. The average Bonchev–Trinajstić information content (AvgIpc) is 3.40. The molecule has 0 N–H and O–H groups in total. The minimum absolute atomic E-state index is 0.0266. The second kappa shape index (κ2) is 7.84. The molecule has 0 aliphatic heterocycles. The van der Waals surface area contributed by atoms with Gasteiger partial charge in [0.05, 0.1) is 22.1 Å². The Labute approximate surface area is 182 Å².